The number of halogens is 1. The van der Waals surface area contributed by atoms with Crippen molar-refractivity contribution >= 4 is 27.8 Å². The minimum Gasteiger partial charge on any atom is -0.489 e. The lowest BCUT2D eigenvalue weighted by atomic mass is 10.1. The van der Waals surface area contributed by atoms with Crippen LogP contribution in [0.2, 0.25) is 0 Å². The molecule has 0 saturated heterocycles. The molecule has 0 aromatic heterocycles. The molecule has 1 aliphatic rings. The van der Waals surface area contributed by atoms with E-state index in [4.69, 9.17) is 9.47 Å². The largest absolute Gasteiger partial charge is 0.489 e. The van der Waals surface area contributed by atoms with Gasteiger partial charge < -0.3 is 9.47 Å². The number of hydrogen-bond donors (Lipinski definition) is 0. The lowest BCUT2D eigenvalue weighted by Crippen LogP contribution is -1.98. The van der Waals surface area contributed by atoms with E-state index in [2.05, 4.69) is 15.9 Å². The Hall–Kier alpha value is -2.85. The molecule has 3 nitrogen and oxygen atoms in total. The number of benzene rings is 3. The smallest absolute Gasteiger partial charge is 0.231 e. The Morgan fingerprint density at radius 1 is 1.00 bits per heavy atom. The van der Waals surface area contributed by atoms with Gasteiger partial charge in [0.15, 0.2) is 5.76 Å². The van der Waals surface area contributed by atoms with E-state index in [1.807, 2.05) is 55.5 Å². The molecule has 27 heavy (non-hydrogen) atoms. The maximum atomic E-state index is 12.6. The molecule has 0 aliphatic carbocycles. The molecule has 4 rings (SSSR count). The molecule has 1 aliphatic heterocycles. The second-order valence-electron chi connectivity index (χ2n) is 6.42. The van der Waals surface area contributed by atoms with Crippen LogP contribution in [0.15, 0.2) is 77.0 Å². The first kappa shape index (κ1) is 17.6. The highest BCUT2D eigenvalue weighted by Crippen LogP contribution is 2.35. The number of hydrogen-bond acceptors (Lipinski definition) is 3. The van der Waals surface area contributed by atoms with E-state index in [1.165, 1.54) is 5.56 Å². The first-order valence-corrected chi connectivity index (χ1v) is 9.40. The van der Waals surface area contributed by atoms with Gasteiger partial charge in [-0.25, -0.2) is 0 Å². The summed E-state index contributed by atoms with van der Waals surface area (Å²) in [4.78, 5) is 12.6. The predicted molar refractivity (Wildman–Crippen MR) is 109 cm³/mol. The summed E-state index contributed by atoms with van der Waals surface area (Å²) in [5.74, 6) is 1.43. The Bertz CT molecular complexity index is 1020. The van der Waals surface area contributed by atoms with Gasteiger partial charge in [0.05, 0.1) is 5.56 Å². The molecular formula is C23H17BrO3. The molecule has 0 radical (unpaired) electrons. The molecular weight excluding hydrogens is 404 g/mol. The fourth-order valence-corrected chi connectivity index (χ4v) is 3.08. The van der Waals surface area contributed by atoms with E-state index in [0.717, 1.165) is 15.6 Å². The molecule has 3 aromatic carbocycles. The van der Waals surface area contributed by atoms with Crippen LogP contribution in [-0.4, -0.2) is 5.78 Å². The van der Waals surface area contributed by atoms with Crippen molar-refractivity contribution < 1.29 is 14.3 Å². The van der Waals surface area contributed by atoms with Crippen LogP contribution in [-0.2, 0) is 6.61 Å². The zero-order valence-electron chi connectivity index (χ0n) is 14.7. The fraction of sp³-hybridized carbons (Fsp3) is 0.0870. The van der Waals surface area contributed by atoms with E-state index in [1.54, 1.807) is 24.3 Å². The van der Waals surface area contributed by atoms with Gasteiger partial charge in [0.2, 0.25) is 5.78 Å². The number of aryl methyl sites for hydroxylation is 1. The maximum absolute atomic E-state index is 12.6. The SMILES string of the molecule is Cc1ccc(C=C2Oc3cc(OCc4ccc(Br)cc4)ccc3C2=O)cc1. The van der Waals surface area contributed by atoms with Gasteiger partial charge >= 0.3 is 0 Å². The number of Topliss-reactive ketones (excluding diaryl/α,β-unsaturated/α-hetero) is 1. The Labute approximate surface area is 166 Å². The summed E-state index contributed by atoms with van der Waals surface area (Å²) in [7, 11) is 0. The molecule has 0 fully saturated rings. The van der Waals surface area contributed by atoms with Gasteiger partial charge in [-0.15, -0.1) is 0 Å². The third-order valence-electron chi connectivity index (χ3n) is 4.34. The molecule has 0 unspecified atom stereocenters. The van der Waals surface area contributed by atoms with Gasteiger partial charge in [-0.2, -0.15) is 0 Å². The van der Waals surface area contributed by atoms with Gasteiger partial charge in [-0.05, 0) is 48.4 Å². The summed E-state index contributed by atoms with van der Waals surface area (Å²) in [5.41, 5.74) is 3.73. The number of carbonyl (C=O) groups is 1. The van der Waals surface area contributed by atoms with Crippen molar-refractivity contribution in [3.05, 3.63) is 99.2 Å². The molecule has 0 saturated carbocycles. The molecule has 0 N–H and O–H groups in total. The maximum Gasteiger partial charge on any atom is 0.231 e. The highest BCUT2D eigenvalue weighted by Gasteiger charge is 2.27. The Morgan fingerprint density at radius 2 is 1.74 bits per heavy atom. The topological polar surface area (TPSA) is 35.5 Å². The monoisotopic (exact) mass is 420 g/mol. The van der Waals surface area contributed by atoms with E-state index >= 15 is 0 Å². The summed E-state index contributed by atoms with van der Waals surface area (Å²) in [6.07, 6.45) is 1.77. The van der Waals surface area contributed by atoms with Gasteiger partial charge in [-0.3, -0.25) is 4.79 Å². The second-order valence-corrected chi connectivity index (χ2v) is 7.34. The zero-order valence-corrected chi connectivity index (χ0v) is 16.3. The zero-order chi connectivity index (χ0) is 18.8. The standard InChI is InChI=1S/C23H17BrO3/c1-15-2-4-16(5-3-15)12-22-23(25)20-11-10-19(13-21(20)27-22)26-14-17-6-8-18(24)9-7-17/h2-13H,14H2,1H3. The van der Waals surface area contributed by atoms with Crippen molar-refractivity contribution in [1.82, 2.24) is 0 Å². The summed E-state index contributed by atoms with van der Waals surface area (Å²) >= 11 is 3.42. The summed E-state index contributed by atoms with van der Waals surface area (Å²) < 4.78 is 12.7. The average Bonchev–Trinajstić information content (AvgIpc) is 2.98. The fourth-order valence-electron chi connectivity index (χ4n) is 2.82. The highest BCUT2D eigenvalue weighted by atomic mass is 79.9. The number of ether oxygens (including phenoxy) is 2. The third-order valence-corrected chi connectivity index (χ3v) is 4.86. The molecule has 3 aromatic rings. The van der Waals surface area contributed by atoms with Crippen LogP contribution in [0.4, 0.5) is 0 Å². The van der Waals surface area contributed by atoms with E-state index in [-0.39, 0.29) is 5.78 Å². The Morgan fingerprint density at radius 3 is 2.48 bits per heavy atom. The molecule has 0 amide bonds. The number of allylic oxidation sites excluding steroid dienone is 1. The first-order valence-electron chi connectivity index (χ1n) is 8.61. The predicted octanol–water partition coefficient (Wildman–Crippen LogP) is 5.95. The van der Waals surface area contributed by atoms with Crippen molar-refractivity contribution in [3.63, 3.8) is 0 Å². The normalized spacial score (nSPS) is 14.1. The van der Waals surface area contributed by atoms with Crippen molar-refractivity contribution in [3.8, 4) is 11.5 Å². The van der Waals surface area contributed by atoms with E-state index in [9.17, 15) is 4.79 Å². The number of carbonyl (C=O) groups excluding carboxylic acids is 1. The quantitative estimate of drug-likeness (QED) is 0.488. The van der Waals surface area contributed by atoms with Gasteiger partial charge in [0.25, 0.3) is 0 Å². The Balaban J connectivity index is 1.50. The van der Waals surface area contributed by atoms with Gasteiger partial charge in [0.1, 0.15) is 18.1 Å². The first-order chi connectivity index (χ1) is 13.1. The second kappa shape index (κ2) is 7.41. The van der Waals surface area contributed by atoms with Gasteiger partial charge in [0, 0.05) is 10.5 Å². The highest BCUT2D eigenvalue weighted by molar-refractivity contribution is 9.10. The van der Waals surface area contributed by atoms with Crippen LogP contribution in [0.3, 0.4) is 0 Å². The van der Waals surface area contributed by atoms with Crippen LogP contribution in [0.25, 0.3) is 6.08 Å². The van der Waals surface area contributed by atoms with Crippen LogP contribution < -0.4 is 9.47 Å². The molecule has 134 valence electrons. The number of fused-ring (bicyclic) bond motifs is 1. The summed E-state index contributed by atoms with van der Waals surface area (Å²) in [6.45, 7) is 2.48. The summed E-state index contributed by atoms with van der Waals surface area (Å²) in [6, 6.07) is 21.2. The summed E-state index contributed by atoms with van der Waals surface area (Å²) in [5, 5.41) is 0. The third kappa shape index (κ3) is 3.96. The lowest BCUT2D eigenvalue weighted by Gasteiger charge is -2.07. The van der Waals surface area contributed by atoms with Crippen LogP contribution in [0, 0.1) is 6.92 Å². The van der Waals surface area contributed by atoms with Crippen LogP contribution in [0.1, 0.15) is 27.0 Å². The minimum absolute atomic E-state index is 0.106. The Kier molecular flexibility index (Phi) is 4.82. The van der Waals surface area contributed by atoms with Gasteiger partial charge in [-0.1, -0.05) is 57.9 Å². The van der Waals surface area contributed by atoms with Crippen molar-refractivity contribution in [2.45, 2.75) is 13.5 Å². The molecule has 0 spiro atoms. The molecule has 0 bridgehead atoms. The van der Waals surface area contributed by atoms with Crippen molar-refractivity contribution in [2.75, 3.05) is 0 Å². The minimum atomic E-state index is -0.106. The van der Waals surface area contributed by atoms with Crippen LogP contribution in [0.5, 0.6) is 11.5 Å². The van der Waals surface area contributed by atoms with Crippen molar-refractivity contribution in [1.29, 1.82) is 0 Å². The molecule has 4 heteroatoms. The molecule has 0 atom stereocenters. The lowest BCUT2D eigenvalue weighted by molar-refractivity contribution is 0.101. The van der Waals surface area contributed by atoms with E-state index in [0.29, 0.717) is 29.4 Å². The number of rotatable bonds is 4. The van der Waals surface area contributed by atoms with Crippen LogP contribution >= 0.6 is 15.9 Å². The number of ketones is 1. The average molecular weight is 421 g/mol. The van der Waals surface area contributed by atoms with E-state index < -0.39 is 0 Å². The molecule has 1 heterocycles. The van der Waals surface area contributed by atoms with Crippen molar-refractivity contribution in [2.24, 2.45) is 0 Å².